The van der Waals surface area contributed by atoms with E-state index in [0.717, 1.165) is 32.1 Å². The highest BCUT2D eigenvalue weighted by Gasteiger charge is 2.41. The zero-order valence-electron chi connectivity index (χ0n) is 11.9. The normalized spacial score (nSPS) is 30.6. The molecule has 2 saturated carbocycles. The Balaban J connectivity index is 1.96. The molecule has 2 atom stereocenters. The van der Waals surface area contributed by atoms with Crippen molar-refractivity contribution in [3.63, 3.8) is 0 Å². The molecule has 0 aromatic heterocycles. The summed E-state index contributed by atoms with van der Waals surface area (Å²) >= 11 is 0. The van der Waals surface area contributed by atoms with Crippen molar-refractivity contribution in [1.82, 2.24) is 0 Å². The molecule has 0 spiro atoms. The number of carbonyl (C=O) groups excluding carboxylic acids is 1. The number of carbonyl (C=O) groups is 1. The molecule has 4 nitrogen and oxygen atoms in total. The number of sulfone groups is 1. The number of methoxy groups -OCH3 is 1. The van der Waals surface area contributed by atoms with E-state index < -0.39 is 9.84 Å². The first-order valence-electron chi connectivity index (χ1n) is 7.13. The number of rotatable bonds is 5. The maximum Gasteiger partial charge on any atom is 0.150 e. The molecule has 2 unspecified atom stereocenters. The molecule has 0 bridgehead atoms. The van der Waals surface area contributed by atoms with Crippen LogP contribution in [-0.2, 0) is 19.4 Å². The third kappa shape index (κ3) is 3.37. The molecule has 2 fully saturated rings. The molecule has 0 aromatic carbocycles. The highest BCUT2D eigenvalue weighted by atomic mass is 32.2. The fourth-order valence-electron chi connectivity index (χ4n) is 3.31. The van der Waals surface area contributed by atoms with Gasteiger partial charge in [-0.25, -0.2) is 8.42 Å². The summed E-state index contributed by atoms with van der Waals surface area (Å²) in [6.07, 6.45) is 7.68. The molecule has 5 heteroatoms. The minimum Gasteiger partial charge on any atom is -0.378 e. The van der Waals surface area contributed by atoms with E-state index in [1.165, 1.54) is 6.26 Å². The smallest absolute Gasteiger partial charge is 0.150 e. The third-order valence-corrected chi connectivity index (χ3v) is 6.52. The highest BCUT2D eigenvalue weighted by molar-refractivity contribution is 7.91. The Labute approximate surface area is 115 Å². The zero-order valence-corrected chi connectivity index (χ0v) is 12.7. The Bertz CT molecular complexity index is 431. The molecule has 0 aromatic rings. The van der Waals surface area contributed by atoms with Gasteiger partial charge >= 0.3 is 0 Å². The minimum atomic E-state index is -3.02. The van der Waals surface area contributed by atoms with Gasteiger partial charge in [-0.15, -0.1) is 0 Å². The van der Waals surface area contributed by atoms with Crippen molar-refractivity contribution in [3.05, 3.63) is 0 Å². The van der Waals surface area contributed by atoms with Gasteiger partial charge < -0.3 is 4.74 Å². The summed E-state index contributed by atoms with van der Waals surface area (Å²) in [4.78, 5) is 12.4. The van der Waals surface area contributed by atoms with Gasteiger partial charge in [0.15, 0.2) is 0 Å². The van der Waals surface area contributed by atoms with Crippen molar-refractivity contribution < 1.29 is 17.9 Å². The Hall–Kier alpha value is -0.420. The molecule has 110 valence electrons. The topological polar surface area (TPSA) is 60.4 Å². The average Bonchev–Trinajstić information content (AvgIpc) is 2.32. The van der Waals surface area contributed by atoms with Crippen LogP contribution in [0.2, 0.25) is 0 Å². The van der Waals surface area contributed by atoms with Crippen LogP contribution in [0.4, 0.5) is 0 Å². The van der Waals surface area contributed by atoms with Gasteiger partial charge in [-0.3, -0.25) is 4.79 Å². The second kappa shape index (κ2) is 5.52. The predicted octanol–water partition coefficient (Wildman–Crippen LogP) is 2.12. The number of hydrogen-bond acceptors (Lipinski definition) is 4. The van der Waals surface area contributed by atoms with Crippen molar-refractivity contribution in [3.8, 4) is 0 Å². The fourth-order valence-corrected chi connectivity index (χ4v) is 4.49. The van der Waals surface area contributed by atoms with E-state index in [-0.39, 0.29) is 22.6 Å². The van der Waals surface area contributed by atoms with E-state index in [4.69, 9.17) is 4.74 Å². The summed E-state index contributed by atoms with van der Waals surface area (Å²) in [7, 11) is -1.34. The van der Waals surface area contributed by atoms with Crippen molar-refractivity contribution in [2.24, 2.45) is 5.92 Å². The molecule has 2 rings (SSSR count). The summed E-state index contributed by atoms with van der Waals surface area (Å²) < 4.78 is 28.7. The largest absolute Gasteiger partial charge is 0.378 e. The van der Waals surface area contributed by atoms with Gasteiger partial charge in [0.2, 0.25) is 0 Å². The highest BCUT2D eigenvalue weighted by Crippen LogP contribution is 2.40. The van der Waals surface area contributed by atoms with Crippen LogP contribution in [0.3, 0.4) is 0 Å². The summed E-state index contributed by atoms with van der Waals surface area (Å²) in [6, 6.07) is 0. The lowest BCUT2D eigenvalue weighted by atomic mass is 9.73. The summed E-state index contributed by atoms with van der Waals surface area (Å²) in [5.41, 5.74) is -0.241. The standard InChI is InChI=1S/C14H24O4S/c1-18-14(7-4-8-14)10-13(15)11-5-3-6-12(9-11)19(2,16)17/h11-12H,3-10H2,1-2H3. The van der Waals surface area contributed by atoms with Crippen molar-refractivity contribution in [2.75, 3.05) is 13.4 Å². The quantitative estimate of drug-likeness (QED) is 0.777. The number of ether oxygens (including phenoxy) is 1. The average molecular weight is 288 g/mol. The summed E-state index contributed by atoms with van der Waals surface area (Å²) in [5, 5.41) is -0.324. The van der Waals surface area contributed by atoms with Gasteiger partial charge in [0.25, 0.3) is 0 Å². The maximum absolute atomic E-state index is 12.4. The SMILES string of the molecule is COC1(CC(=O)C2CCCC(S(C)(=O)=O)C2)CCC1. The van der Waals surface area contributed by atoms with Crippen molar-refractivity contribution in [1.29, 1.82) is 0 Å². The minimum absolute atomic E-state index is 0.0823. The lowest BCUT2D eigenvalue weighted by Crippen LogP contribution is -2.43. The fraction of sp³-hybridized carbons (Fsp3) is 0.929. The molecule has 19 heavy (non-hydrogen) atoms. The van der Waals surface area contributed by atoms with E-state index >= 15 is 0 Å². The van der Waals surface area contributed by atoms with Gasteiger partial charge in [-0.1, -0.05) is 6.42 Å². The van der Waals surface area contributed by atoms with Crippen LogP contribution in [0.25, 0.3) is 0 Å². The maximum atomic E-state index is 12.4. The van der Waals surface area contributed by atoms with Crippen LogP contribution in [0.5, 0.6) is 0 Å². The van der Waals surface area contributed by atoms with E-state index in [0.29, 0.717) is 19.3 Å². The molecule has 0 aliphatic heterocycles. The Morgan fingerprint density at radius 3 is 2.42 bits per heavy atom. The number of ketones is 1. The van der Waals surface area contributed by atoms with Gasteiger partial charge in [-0.05, 0) is 38.5 Å². The van der Waals surface area contributed by atoms with E-state index in [2.05, 4.69) is 0 Å². The second-order valence-electron chi connectivity index (χ2n) is 6.20. The molecule has 0 amide bonds. The first-order chi connectivity index (χ1) is 8.86. The lowest BCUT2D eigenvalue weighted by molar-refractivity contribution is -0.136. The van der Waals surface area contributed by atoms with Gasteiger partial charge in [0.1, 0.15) is 15.6 Å². The monoisotopic (exact) mass is 288 g/mol. The molecule has 0 heterocycles. The van der Waals surface area contributed by atoms with Gasteiger partial charge in [-0.2, -0.15) is 0 Å². The van der Waals surface area contributed by atoms with Crippen LogP contribution in [0.1, 0.15) is 51.4 Å². The lowest BCUT2D eigenvalue weighted by Gasteiger charge is -2.41. The summed E-state index contributed by atoms with van der Waals surface area (Å²) in [6.45, 7) is 0. The molecular weight excluding hydrogens is 264 g/mol. The first-order valence-corrected chi connectivity index (χ1v) is 9.08. The molecule has 2 aliphatic rings. The molecule has 0 saturated heterocycles. The zero-order chi connectivity index (χ0) is 14.1. The molecule has 0 N–H and O–H groups in total. The molecule has 2 aliphatic carbocycles. The van der Waals surface area contributed by atoms with Gasteiger partial charge in [0, 0.05) is 25.7 Å². The summed E-state index contributed by atoms with van der Waals surface area (Å²) in [5.74, 6) is 0.121. The van der Waals surface area contributed by atoms with Crippen LogP contribution in [0.15, 0.2) is 0 Å². The van der Waals surface area contributed by atoms with Crippen LogP contribution < -0.4 is 0 Å². The van der Waals surface area contributed by atoms with Crippen molar-refractivity contribution in [2.45, 2.75) is 62.2 Å². The van der Waals surface area contributed by atoms with Crippen LogP contribution >= 0.6 is 0 Å². The van der Waals surface area contributed by atoms with E-state index in [1.807, 2.05) is 0 Å². The number of hydrogen-bond donors (Lipinski definition) is 0. The van der Waals surface area contributed by atoms with Crippen LogP contribution in [0, 0.1) is 5.92 Å². The Morgan fingerprint density at radius 1 is 1.26 bits per heavy atom. The van der Waals surface area contributed by atoms with E-state index in [9.17, 15) is 13.2 Å². The third-order valence-electron chi connectivity index (χ3n) is 4.88. The van der Waals surface area contributed by atoms with Crippen molar-refractivity contribution >= 4 is 15.6 Å². The Morgan fingerprint density at radius 2 is 1.95 bits per heavy atom. The van der Waals surface area contributed by atoms with E-state index in [1.54, 1.807) is 7.11 Å². The van der Waals surface area contributed by atoms with Crippen LogP contribution in [-0.4, -0.2) is 38.4 Å². The molecule has 0 radical (unpaired) electrons. The van der Waals surface area contributed by atoms with Gasteiger partial charge in [0.05, 0.1) is 10.9 Å². The predicted molar refractivity (Wildman–Crippen MR) is 73.8 cm³/mol. The molecular formula is C14H24O4S. The number of Topliss-reactive ketones (excluding diaryl/α,β-unsaturated/α-hetero) is 1. The Kier molecular flexibility index (Phi) is 4.35. The second-order valence-corrected chi connectivity index (χ2v) is 8.52. The first kappa shape index (κ1) is 15.0.